The number of halogens is 2. The standard InChI is InChI=1S/C19H31FN4O4S.HI/c1-21-19(24(2)14-15-7-8-18(27-3)17(20)12-15)22-9-11-29(25,26)23-13-16-6-4-5-10-28-16;/h7-8,12,16,23H,4-6,9-11,13-14H2,1-3H3,(H,21,22);1H. The molecule has 0 saturated carbocycles. The molecular formula is C19H32FIN4O4S. The number of nitrogens with zero attached hydrogens (tertiary/aromatic N) is 2. The van der Waals surface area contributed by atoms with Gasteiger partial charge in [0.2, 0.25) is 10.0 Å². The van der Waals surface area contributed by atoms with Gasteiger partial charge in [0.25, 0.3) is 0 Å². The van der Waals surface area contributed by atoms with E-state index < -0.39 is 15.8 Å². The van der Waals surface area contributed by atoms with E-state index in [4.69, 9.17) is 9.47 Å². The first kappa shape index (κ1) is 26.9. The van der Waals surface area contributed by atoms with Gasteiger partial charge in [0.1, 0.15) is 0 Å². The van der Waals surface area contributed by atoms with Crippen molar-refractivity contribution in [3.63, 3.8) is 0 Å². The third kappa shape index (κ3) is 8.90. The highest BCUT2D eigenvalue weighted by atomic mass is 127. The molecule has 8 nitrogen and oxygen atoms in total. The molecule has 0 amide bonds. The third-order valence-electron chi connectivity index (χ3n) is 4.67. The minimum absolute atomic E-state index is 0. The van der Waals surface area contributed by atoms with Crippen molar-refractivity contribution in [1.29, 1.82) is 0 Å². The number of hydrogen-bond donors (Lipinski definition) is 2. The van der Waals surface area contributed by atoms with Crippen LogP contribution in [0.25, 0.3) is 0 Å². The maximum Gasteiger partial charge on any atom is 0.213 e. The zero-order valence-corrected chi connectivity index (χ0v) is 20.8. The van der Waals surface area contributed by atoms with Crippen LogP contribution in [-0.4, -0.2) is 72.0 Å². The minimum atomic E-state index is -3.41. The molecule has 1 saturated heterocycles. The molecular weight excluding hydrogens is 526 g/mol. The first-order chi connectivity index (χ1) is 13.8. The average Bonchev–Trinajstić information content (AvgIpc) is 2.70. The molecule has 1 aliphatic heterocycles. The van der Waals surface area contributed by atoms with Crippen molar-refractivity contribution in [2.24, 2.45) is 4.99 Å². The van der Waals surface area contributed by atoms with E-state index in [-0.39, 0.29) is 48.1 Å². The summed E-state index contributed by atoms with van der Waals surface area (Å²) in [6, 6.07) is 4.75. The van der Waals surface area contributed by atoms with Crippen LogP contribution in [0.1, 0.15) is 24.8 Å². The van der Waals surface area contributed by atoms with E-state index in [1.54, 1.807) is 31.1 Å². The van der Waals surface area contributed by atoms with Crippen LogP contribution >= 0.6 is 24.0 Å². The van der Waals surface area contributed by atoms with E-state index in [1.807, 2.05) is 0 Å². The second-order valence-electron chi connectivity index (χ2n) is 6.95. The van der Waals surface area contributed by atoms with E-state index in [9.17, 15) is 12.8 Å². The molecule has 30 heavy (non-hydrogen) atoms. The van der Waals surface area contributed by atoms with Crippen molar-refractivity contribution in [1.82, 2.24) is 14.9 Å². The highest BCUT2D eigenvalue weighted by Crippen LogP contribution is 2.18. The largest absolute Gasteiger partial charge is 0.494 e. The van der Waals surface area contributed by atoms with Gasteiger partial charge in [0, 0.05) is 40.3 Å². The Hall–Kier alpha value is -1.18. The fraction of sp³-hybridized carbons (Fsp3) is 0.632. The number of rotatable bonds is 9. The average molecular weight is 558 g/mol. The van der Waals surface area contributed by atoms with Crippen LogP contribution in [0.15, 0.2) is 23.2 Å². The Balaban J connectivity index is 0.00000450. The topological polar surface area (TPSA) is 92.3 Å². The number of benzene rings is 1. The zero-order chi connectivity index (χ0) is 21.3. The Kier molecular flexibility index (Phi) is 11.9. The maximum absolute atomic E-state index is 13.9. The fourth-order valence-corrected chi connectivity index (χ4v) is 4.05. The number of ether oxygens (including phenoxy) is 2. The molecule has 2 N–H and O–H groups in total. The highest BCUT2D eigenvalue weighted by Gasteiger charge is 2.18. The van der Waals surface area contributed by atoms with Crippen LogP contribution in [-0.2, 0) is 21.3 Å². The van der Waals surface area contributed by atoms with Gasteiger partial charge >= 0.3 is 0 Å². The van der Waals surface area contributed by atoms with Crippen LogP contribution in [0, 0.1) is 5.82 Å². The van der Waals surface area contributed by atoms with Crippen molar-refractivity contribution < 1.29 is 22.3 Å². The van der Waals surface area contributed by atoms with Crippen LogP contribution in [0.2, 0.25) is 0 Å². The third-order valence-corrected chi connectivity index (χ3v) is 6.02. The minimum Gasteiger partial charge on any atom is -0.494 e. The summed E-state index contributed by atoms with van der Waals surface area (Å²) in [5.74, 6) is 0.201. The fourth-order valence-electron chi connectivity index (χ4n) is 3.10. The monoisotopic (exact) mass is 558 g/mol. The molecule has 1 unspecified atom stereocenters. The molecule has 11 heteroatoms. The van der Waals surface area contributed by atoms with E-state index in [0.717, 1.165) is 24.8 Å². The van der Waals surface area contributed by atoms with Gasteiger partial charge in [-0.15, -0.1) is 24.0 Å². The van der Waals surface area contributed by atoms with Gasteiger partial charge in [0.15, 0.2) is 17.5 Å². The quantitative estimate of drug-likeness (QED) is 0.274. The number of nitrogens with one attached hydrogen (secondary N) is 2. The van der Waals surface area contributed by atoms with E-state index in [1.165, 1.54) is 13.2 Å². The van der Waals surface area contributed by atoms with Gasteiger partial charge in [-0.2, -0.15) is 0 Å². The lowest BCUT2D eigenvalue weighted by atomic mass is 10.1. The van der Waals surface area contributed by atoms with Gasteiger partial charge in [-0.3, -0.25) is 4.99 Å². The molecule has 1 heterocycles. The molecule has 2 rings (SSSR count). The summed E-state index contributed by atoms with van der Waals surface area (Å²) in [6.07, 6.45) is 2.93. The Morgan fingerprint density at radius 1 is 1.40 bits per heavy atom. The molecule has 1 fully saturated rings. The first-order valence-corrected chi connectivity index (χ1v) is 11.3. The van der Waals surface area contributed by atoms with Gasteiger partial charge in [-0.05, 0) is 37.0 Å². The summed E-state index contributed by atoms with van der Waals surface area (Å²) in [6.45, 7) is 1.61. The molecule has 1 aliphatic rings. The Labute approximate surface area is 195 Å². The number of hydrogen-bond acceptors (Lipinski definition) is 5. The van der Waals surface area contributed by atoms with Gasteiger partial charge in [-0.25, -0.2) is 17.5 Å². The number of guanidine groups is 1. The SMILES string of the molecule is CN=C(NCCS(=O)(=O)NCC1CCCCO1)N(C)Cc1ccc(OC)c(F)c1.I. The number of sulfonamides is 1. The summed E-state index contributed by atoms with van der Waals surface area (Å²) in [5.41, 5.74) is 0.746. The Morgan fingerprint density at radius 2 is 2.17 bits per heavy atom. The summed E-state index contributed by atoms with van der Waals surface area (Å²) in [4.78, 5) is 5.95. The lowest BCUT2D eigenvalue weighted by Crippen LogP contribution is -2.43. The second kappa shape index (κ2) is 13.3. The van der Waals surface area contributed by atoms with Crippen molar-refractivity contribution in [2.75, 3.05) is 46.7 Å². The van der Waals surface area contributed by atoms with Crippen molar-refractivity contribution in [3.05, 3.63) is 29.6 Å². The van der Waals surface area contributed by atoms with Crippen molar-refractivity contribution >= 4 is 40.0 Å². The number of aliphatic imine (C=N–C) groups is 1. The summed E-state index contributed by atoms with van der Waals surface area (Å²) < 4.78 is 51.3. The highest BCUT2D eigenvalue weighted by molar-refractivity contribution is 14.0. The lowest BCUT2D eigenvalue weighted by Gasteiger charge is -2.23. The molecule has 0 aliphatic carbocycles. The Morgan fingerprint density at radius 3 is 2.77 bits per heavy atom. The zero-order valence-electron chi connectivity index (χ0n) is 17.7. The summed E-state index contributed by atoms with van der Waals surface area (Å²) in [5, 5.41) is 3.03. The summed E-state index contributed by atoms with van der Waals surface area (Å²) >= 11 is 0. The molecule has 0 spiro atoms. The molecule has 0 bridgehead atoms. The Bertz CT molecular complexity index is 789. The van der Waals surface area contributed by atoms with Crippen LogP contribution in [0.5, 0.6) is 5.75 Å². The predicted molar refractivity (Wildman–Crippen MR) is 127 cm³/mol. The van der Waals surface area contributed by atoms with Gasteiger partial charge < -0.3 is 19.7 Å². The van der Waals surface area contributed by atoms with Crippen LogP contribution in [0.4, 0.5) is 4.39 Å². The van der Waals surface area contributed by atoms with E-state index >= 15 is 0 Å². The van der Waals surface area contributed by atoms with E-state index in [0.29, 0.717) is 25.7 Å². The molecule has 0 aromatic heterocycles. The smallest absolute Gasteiger partial charge is 0.213 e. The lowest BCUT2D eigenvalue weighted by molar-refractivity contribution is 0.0200. The molecule has 172 valence electrons. The van der Waals surface area contributed by atoms with Crippen LogP contribution in [0.3, 0.4) is 0 Å². The number of methoxy groups -OCH3 is 1. The van der Waals surface area contributed by atoms with Gasteiger partial charge in [-0.1, -0.05) is 6.07 Å². The summed E-state index contributed by atoms with van der Waals surface area (Å²) in [7, 11) is 1.41. The van der Waals surface area contributed by atoms with E-state index in [2.05, 4.69) is 15.0 Å². The predicted octanol–water partition coefficient (Wildman–Crippen LogP) is 1.95. The molecule has 1 aromatic rings. The van der Waals surface area contributed by atoms with Crippen LogP contribution < -0.4 is 14.8 Å². The molecule has 1 atom stereocenters. The maximum atomic E-state index is 13.9. The molecule has 1 aromatic carbocycles. The molecule has 0 radical (unpaired) electrons. The van der Waals surface area contributed by atoms with Gasteiger partial charge in [0.05, 0.1) is 19.0 Å². The normalized spacial score (nSPS) is 17.2. The first-order valence-electron chi connectivity index (χ1n) is 9.67. The second-order valence-corrected chi connectivity index (χ2v) is 8.88. The van der Waals surface area contributed by atoms with Crippen molar-refractivity contribution in [2.45, 2.75) is 31.9 Å². The van der Waals surface area contributed by atoms with Crippen molar-refractivity contribution in [3.8, 4) is 5.75 Å².